The van der Waals surface area contributed by atoms with Crippen LogP contribution in [-0.2, 0) is 21.7 Å². The van der Waals surface area contributed by atoms with Gasteiger partial charge in [-0.25, -0.2) is 13.1 Å². The molecule has 3 heterocycles. The number of rotatable bonds is 3. The maximum Gasteiger partial charge on any atom is 0.291 e. The lowest BCUT2D eigenvalue weighted by Gasteiger charge is -2.19. The van der Waals surface area contributed by atoms with Crippen molar-refractivity contribution in [1.29, 1.82) is 0 Å². The number of amides is 1. The third-order valence-corrected chi connectivity index (χ3v) is 6.92. The summed E-state index contributed by atoms with van der Waals surface area (Å²) < 4.78 is 26.2. The summed E-state index contributed by atoms with van der Waals surface area (Å²) in [6.07, 6.45) is 2.05. The van der Waals surface area contributed by atoms with Crippen LogP contribution in [0, 0.1) is 0 Å². The Labute approximate surface area is 155 Å². The third kappa shape index (κ3) is 2.91. The van der Waals surface area contributed by atoms with Crippen molar-refractivity contribution in [2.75, 3.05) is 11.5 Å². The molecule has 142 valence electrons. The molecule has 2 atom stereocenters. The van der Waals surface area contributed by atoms with Crippen molar-refractivity contribution >= 4 is 37.6 Å². The van der Waals surface area contributed by atoms with Gasteiger partial charge >= 0.3 is 0 Å². The van der Waals surface area contributed by atoms with Gasteiger partial charge in [0.25, 0.3) is 5.56 Å². The Balaban J connectivity index is 1.81. The number of fused-ring (bicyclic) bond motifs is 3. The van der Waals surface area contributed by atoms with Gasteiger partial charge in [0, 0.05) is 23.9 Å². The topological polar surface area (TPSA) is 103 Å². The Morgan fingerprint density at radius 3 is 2.74 bits per heavy atom. The van der Waals surface area contributed by atoms with Crippen molar-refractivity contribution < 1.29 is 13.2 Å². The number of aromatic nitrogens is 3. The number of aryl methyl sites for hydroxylation is 1. The lowest BCUT2D eigenvalue weighted by Crippen LogP contribution is -2.40. The number of carbonyl (C=O) groups excluding carboxylic acids is 1. The van der Waals surface area contributed by atoms with E-state index in [0.717, 1.165) is 10.9 Å². The first kappa shape index (κ1) is 17.7. The van der Waals surface area contributed by atoms with Gasteiger partial charge in [0.05, 0.1) is 23.2 Å². The quantitative estimate of drug-likeness (QED) is 0.713. The second-order valence-corrected chi connectivity index (χ2v) is 9.24. The molecule has 4 rings (SSSR count). The molecule has 1 aliphatic rings. The molecule has 8 nitrogen and oxygen atoms in total. The van der Waals surface area contributed by atoms with E-state index < -0.39 is 15.9 Å². The Hall–Kier alpha value is -2.68. The molecule has 1 aliphatic heterocycles. The zero-order chi connectivity index (χ0) is 19.3. The largest absolute Gasteiger partial charge is 0.351 e. The minimum atomic E-state index is -3.09. The van der Waals surface area contributed by atoms with E-state index in [1.54, 1.807) is 24.7 Å². The molecular formula is C18H20N4O4S. The highest BCUT2D eigenvalue weighted by atomic mass is 32.2. The van der Waals surface area contributed by atoms with E-state index in [-0.39, 0.29) is 29.0 Å². The van der Waals surface area contributed by atoms with Gasteiger partial charge in [0.15, 0.2) is 9.84 Å². The number of nitrogens with one attached hydrogen (secondary N) is 1. The van der Waals surface area contributed by atoms with Crippen molar-refractivity contribution in [2.45, 2.75) is 25.4 Å². The minimum absolute atomic E-state index is 0.0374. The van der Waals surface area contributed by atoms with Crippen LogP contribution in [-0.4, -0.2) is 46.2 Å². The highest BCUT2D eigenvalue weighted by Crippen LogP contribution is 2.29. The average Bonchev–Trinajstić information content (AvgIpc) is 3.14. The first-order valence-corrected chi connectivity index (χ1v) is 10.6. The van der Waals surface area contributed by atoms with Gasteiger partial charge in [0.1, 0.15) is 11.6 Å². The van der Waals surface area contributed by atoms with Gasteiger partial charge in [-0.1, -0.05) is 18.2 Å². The van der Waals surface area contributed by atoms with Gasteiger partial charge in [-0.3, -0.25) is 9.59 Å². The van der Waals surface area contributed by atoms with Crippen LogP contribution in [0.1, 0.15) is 19.4 Å². The molecule has 1 saturated heterocycles. The highest BCUT2D eigenvalue weighted by Gasteiger charge is 2.31. The molecule has 0 spiro atoms. The third-order valence-electron chi connectivity index (χ3n) is 5.15. The molecule has 0 saturated carbocycles. The number of carbonyl (C=O) groups is 1. The number of hydrogen-bond acceptors (Lipinski definition) is 5. The Bertz CT molecular complexity index is 1230. The molecule has 27 heavy (non-hydrogen) atoms. The van der Waals surface area contributed by atoms with Crippen LogP contribution in [0.15, 0.2) is 35.3 Å². The number of sulfone groups is 1. The van der Waals surface area contributed by atoms with Gasteiger partial charge in [-0.2, -0.15) is 5.10 Å². The standard InChI is InChI=1S/C18H20N4O4S/c1-11(17(23)20-12-7-8-27(25,26)10-12)22-15-6-4-3-5-13(15)14-9-19-21(2)18(24)16(14)22/h3-6,9,11-12H,7-8,10H2,1-2H3,(H,20,23). The van der Waals surface area contributed by atoms with Crippen molar-refractivity contribution in [1.82, 2.24) is 19.7 Å². The first-order valence-electron chi connectivity index (χ1n) is 8.74. The van der Waals surface area contributed by atoms with Crippen LogP contribution in [0.25, 0.3) is 21.8 Å². The first-order chi connectivity index (χ1) is 12.8. The molecule has 0 bridgehead atoms. The van der Waals surface area contributed by atoms with Crippen molar-refractivity contribution in [3.63, 3.8) is 0 Å². The molecule has 1 fully saturated rings. The predicted molar refractivity (Wildman–Crippen MR) is 102 cm³/mol. The van der Waals surface area contributed by atoms with E-state index in [1.165, 1.54) is 4.68 Å². The maximum absolute atomic E-state index is 12.8. The van der Waals surface area contributed by atoms with Crippen molar-refractivity contribution in [2.24, 2.45) is 7.05 Å². The molecule has 1 aromatic carbocycles. The van der Waals surface area contributed by atoms with Crippen LogP contribution >= 0.6 is 0 Å². The second-order valence-electron chi connectivity index (χ2n) is 7.01. The average molecular weight is 388 g/mol. The summed E-state index contributed by atoms with van der Waals surface area (Å²) in [6.45, 7) is 1.71. The Morgan fingerprint density at radius 2 is 2.04 bits per heavy atom. The van der Waals surface area contributed by atoms with Crippen LogP contribution in [0.2, 0.25) is 0 Å². The summed E-state index contributed by atoms with van der Waals surface area (Å²) in [5.74, 6) is -0.253. The zero-order valence-electron chi connectivity index (χ0n) is 15.0. The molecule has 0 radical (unpaired) electrons. The smallest absolute Gasteiger partial charge is 0.291 e. The predicted octanol–water partition coefficient (Wildman–Crippen LogP) is 0.752. The molecule has 1 N–H and O–H groups in total. The van der Waals surface area contributed by atoms with Crippen molar-refractivity contribution in [3.05, 3.63) is 40.8 Å². The van der Waals surface area contributed by atoms with E-state index >= 15 is 0 Å². The van der Waals surface area contributed by atoms with Gasteiger partial charge in [0.2, 0.25) is 5.91 Å². The van der Waals surface area contributed by atoms with E-state index in [0.29, 0.717) is 17.3 Å². The monoisotopic (exact) mass is 388 g/mol. The normalized spacial score (nSPS) is 20.1. The van der Waals surface area contributed by atoms with Gasteiger partial charge in [-0.15, -0.1) is 0 Å². The molecule has 1 amide bonds. The fraction of sp³-hybridized carbons (Fsp3) is 0.389. The Morgan fingerprint density at radius 1 is 1.30 bits per heavy atom. The molecule has 0 aliphatic carbocycles. The summed E-state index contributed by atoms with van der Waals surface area (Å²) in [5.41, 5.74) is 0.890. The molecular weight excluding hydrogens is 368 g/mol. The van der Waals surface area contributed by atoms with Crippen LogP contribution in [0.4, 0.5) is 0 Å². The van der Waals surface area contributed by atoms with E-state index in [1.807, 2.05) is 24.3 Å². The van der Waals surface area contributed by atoms with Crippen LogP contribution in [0.5, 0.6) is 0 Å². The van der Waals surface area contributed by atoms with Crippen LogP contribution in [0.3, 0.4) is 0 Å². The number of para-hydroxylation sites is 1. The summed E-state index contributed by atoms with van der Waals surface area (Å²) >= 11 is 0. The summed E-state index contributed by atoms with van der Waals surface area (Å²) in [4.78, 5) is 25.6. The fourth-order valence-corrected chi connectivity index (χ4v) is 5.41. The number of benzene rings is 1. The summed E-state index contributed by atoms with van der Waals surface area (Å²) in [5, 5.41) is 8.46. The summed E-state index contributed by atoms with van der Waals surface area (Å²) in [7, 11) is -1.52. The highest BCUT2D eigenvalue weighted by molar-refractivity contribution is 7.91. The number of hydrogen-bond donors (Lipinski definition) is 1. The van der Waals surface area contributed by atoms with E-state index in [9.17, 15) is 18.0 Å². The van der Waals surface area contributed by atoms with Gasteiger partial charge in [-0.05, 0) is 19.4 Å². The minimum Gasteiger partial charge on any atom is -0.351 e. The van der Waals surface area contributed by atoms with Crippen molar-refractivity contribution in [3.8, 4) is 0 Å². The van der Waals surface area contributed by atoms with Crippen LogP contribution < -0.4 is 10.9 Å². The summed E-state index contributed by atoms with van der Waals surface area (Å²) in [6, 6.07) is 6.41. The lowest BCUT2D eigenvalue weighted by atomic mass is 10.2. The fourth-order valence-electron chi connectivity index (χ4n) is 3.74. The van der Waals surface area contributed by atoms with Gasteiger partial charge < -0.3 is 9.88 Å². The van der Waals surface area contributed by atoms with E-state index in [4.69, 9.17) is 0 Å². The lowest BCUT2D eigenvalue weighted by molar-refractivity contribution is -0.124. The molecule has 2 aromatic heterocycles. The zero-order valence-corrected chi connectivity index (χ0v) is 15.9. The molecule has 2 unspecified atom stereocenters. The molecule has 3 aromatic rings. The maximum atomic E-state index is 12.8. The Kier molecular flexibility index (Phi) is 4.06. The SMILES string of the molecule is CC(C(=O)NC1CCS(=O)(=O)C1)n1c2ccccc2c2cnn(C)c(=O)c21. The second kappa shape index (κ2) is 6.19. The van der Waals surface area contributed by atoms with E-state index in [2.05, 4.69) is 10.4 Å². The number of nitrogens with zero attached hydrogens (tertiary/aromatic N) is 3. The molecule has 9 heteroatoms.